The average molecular weight is 532 g/mol. The van der Waals surface area contributed by atoms with Crippen molar-refractivity contribution in [1.82, 2.24) is 34.7 Å². The summed E-state index contributed by atoms with van der Waals surface area (Å²) in [5.41, 5.74) is 7.29. The molecule has 0 spiro atoms. The minimum atomic E-state index is -3.59. The molecule has 0 amide bonds. The fourth-order valence-corrected chi connectivity index (χ4v) is 5.28. The highest BCUT2D eigenvalue weighted by Gasteiger charge is 2.20. The molecule has 11 nitrogen and oxygen atoms in total. The van der Waals surface area contributed by atoms with Crippen molar-refractivity contribution in [3.05, 3.63) is 59.1 Å². The lowest BCUT2D eigenvalue weighted by atomic mass is 10.0. The number of hydrogen-bond donors (Lipinski definition) is 3. The molecule has 196 valence electrons. The number of hydrogen-bond acceptors (Lipinski definition) is 9. The van der Waals surface area contributed by atoms with Crippen LogP contribution in [0.1, 0.15) is 28.6 Å². The molecule has 0 fully saturated rings. The van der Waals surface area contributed by atoms with Crippen molar-refractivity contribution in [2.24, 2.45) is 7.05 Å². The molecule has 0 aliphatic carbocycles. The van der Waals surface area contributed by atoms with Crippen LogP contribution < -0.4 is 10.6 Å². The molecule has 0 radical (unpaired) electrons. The zero-order valence-electron chi connectivity index (χ0n) is 22.3. The quantitative estimate of drug-likeness (QED) is 0.287. The Morgan fingerprint density at radius 3 is 2.29 bits per heavy atom. The van der Waals surface area contributed by atoms with Crippen molar-refractivity contribution in [2.45, 2.75) is 39.5 Å². The Morgan fingerprint density at radius 2 is 1.63 bits per heavy atom. The van der Waals surface area contributed by atoms with Gasteiger partial charge in [0.2, 0.25) is 0 Å². The van der Waals surface area contributed by atoms with E-state index >= 15 is 0 Å². The van der Waals surface area contributed by atoms with Gasteiger partial charge in [-0.25, -0.2) is 23.4 Å². The van der Waals surface area contributed by atoms with Crippen molar-refractivity contribution in [2.75, 3.05) is 16.9 Å². The zero-order chi connectivity index (χ0) is 27.4. The number of fused-ring (bicyclic) bond motifs is 1. The molecule has 0 saturated heterocycles. The van der Waals surface area contributed by atoms with Gasteiger partial charge in [0.05, 0.1) is 39.5 Å². The van der Waals surface area contributed by atoms with Gasteiger partial charge in [-0.1, -0.05) is 6.07 Å². The summed E-state index contributed by atoms with van der Waals surface area (Å²) in [6, 6.07) is 7.12. The molecule has 5 aromatic rings. The summed E-state index contributed by atoms with van der Waals surface area (Å²) in [6.07, 6.45) is 2.84. The topological polar surface area (TPSA) is 143 Å². The lowest BCUT2D eigenvalue weighted by Gasteiger charge is -2.15. The first-order valence-corrected chi connectivity index (χ1v) is 13.9. The van der Waals surface area contributed by atoms with E-state index in [0.29, 0.717) is 40.0 Å². The predicted molar refractivity (Wildman–Crippen MR) is 148 cm³/mol. The van der Waals surface area contributed by atoms with Gasteiger partial charge in [0, 0.05) is 30.6 Å². The minimum absolute atomic E-state index is 0.171. The Labute approximate surface area is 220 Å². The SMILES string of the molecule is Cc1nc2c(Nc3ccc(-c4c(C)nn(C)c4C)cc3S(C)(=O)=O)cc(Nc3cnc(C)c(C)n3)nc2[nH]1. The number of pyridine rings is 1. The number of sulfone groups is 1. The van der Waals surface area contributed by atoms with Gasteiger partial charge in [0.15, 0.2) is 15.5 Å². The van der Waals surface area contributed by atoms with E-state index in [1.807, 2.05) is 47.7 Å². The summed E-state index contributed by atoms with van der Waals surface area (Å²) in [5.74, 6) is 1.73. The van der Waals surface area contributed by atoms with Gasteiger partial charge in [0.25, 0.3) is 0 Å². The summed E-state index contributed by atoms with van der Waals surface area (Å²) < 4.78 is 27.6. The smallest absolute Gasteiger partial charge is 0.177 e. The number of nitrogens with zero attached hydrogens (tertiary/aromatic N) is 6. The van der Waals surface area contributed by atoms with Gasteiger partial charge < -0.3 is 15.6 Å². The Balaban J connectivity index is 1.60. The molecule has 0 unspecified atom stereocenters. The molecule has 0 saturated carbocycles. The minimum Gasteiger partial charge on any atom is -0.352 e. The van der Waals surface area contributed by atoms with Crippen LogP contribution in [0.3, 0.4) is 0 Å². The molecular formula is C26H29N9O2S. The fraction of sp³-hybridized carbons (Fsp3) is 0.269. The van der Waals surface area contributed by atoms with Gasteiger partial charge in [-0.15, -0.1) is 0 Å². The Morgan fingerprint density at radius 1 is 0.868 bits per heavy atom. The number of H-pyrrole nitrogens is 1. The molecule has 4 aromatic heterocycles. The maximum Gasteiger partial charge on any atom is 0.177 e. The first-order valence-electron chi connectivity index (χ1n) is 12.0. The second-order valence-corrected chi connectivity index (χ2v) is 11.4. The Hall–Kier alpha value is -4.32. The third-order valence-electron chi connectivity index (χ3n) is 6.47. The molecule has 4 heterocycles. The lowest BCUT2D eigenvalue weighted by Crippen LogP contribution is -2.05. The summed E-state index contributed by atoms with van der Waals surface area (Å²) in [7, 11) is -1.72. The van der Waals surface area contributed by atoms with E-state index in [4.69, 9.17) is 0 Å². The van der Waals surface area contributed by atoms with Crippen molar-refractivity contribution >= 4 is 44.0 Å². The van der Waals surface area contributed by atoms with E-state index in [-0.39, 0.29) is 4.90 Å². The number of imidazole rings is 1. The second kappa shape index (κ2) is 9.21. The van der Waals surface area contributed by atoms with Crippen LogP contribution >= 0.6 is 0 Å². The average Bonchev–Trinajstić information content (AvgIpc) is 3.33. The maximum atomic E-state index is 12.9. The maximum absolute atomic E-state index is 12.9. The number of aromatic amines is 1. The largest absolute Gasteiger partial charge is 0.352 e. The van der Waals surface area contributed by atoms with E-state index in [9.17, 15) is 8.42 Å². The Bertz CT molecular complexity index is 1820. The second-order valence-electron chi connectivity index (χ2n) is 9.40. The molecule has 0 atom stereocenters. The molecule has 0 aliphatic rings. The standard InChI is InChI=1S/C26H29N9O2S/c1-13-14(2)28-23(12-27-13)32-22-11-20(25-26(33-22)30-17(5)29-25)31-19-9-8-18(10-21(19)38(7,36)37)24-15(3)34-35(6)16(24)4/h8-12H,1-7H3,(H3,28,29,30,31,32,33). The number of aromatic nitrogens is 7. The molecule has 0 aliphatic heterocycles. The normalized spacial score (nSPS) is 11.8. The highest BCUT2D eigenvalue weighted by atomic mass is 32.2. The molecule has 5 rings (SSSR count). The van der Waals surface area contributed by atoms with Crippen LogP contribution in [0.4, 0.5) is 23.0 Å². The first-order chi connectivity index (χ1) is 17.9. The lowest BCUT2D eigenvalue weighted by molar-refractivity contribution is 0.602. The molecule has 1 aromatic carbocycles. The molecule has 0 bridgehead atoms. The predicted octanol–water partition coefficient (Wildman–Crippen LogP) is 4.58. The number of nitrogens with one attached hydrogen (secondary N) is 3. The van der Waals surface area contributed by atoms with Gasteiger partial charge in [0.1, 0.15) is 23.0 Å². The van der Waals surface area contributed by atoms with E-state index < -0.39 is 9.84 Å². The van der Waals surface area contributed by atoms with Crippen molar-refractivity contribution in [3.8, 4) is 11.1 Å². The van der Waals surface area contributed by atoms with E-state index in [0.717, 1.165) is 33.9 Å². The van der Waals surface area contributed by atoms with Crippen molar-refractivity contribution < 1.29 is 8.42 Å². The molecule has 3 N–H and O–H groups in total. The summed E-state index contributed by atoms with van der Waals surface area (Å²) >= 11 is 0. The Kier molecular flexibility index (Phi) is 6.14. The summed E-state index contributed by atoms with van der Waals surface area (Å²) in [6.45, 7) is 9.50. The number of rotatable bonds is 6. The van der Waals surface area contributed by atoms with Gasteiger partial charge in [-0.05, 0) is 52.3 Å². The summed E-state index contributed by atoms with van der Waals surface area (Å²) in [5, 5.41) is 11.0. The monoisotopic (exact) mass is 531 g/mol. The number of anilines is 4. The van der Waals surface area contributed by atoms with Gasteiger partial charge in [-0.3, -0.25) is 9.67 Å². The number of aryl methyl sites for hydroxylation is 5. The van der Waals surface area contributed by atoms with Gasteiger partial charge in [-0.2, -0.15) is 5.10 Å². The van der Waals surface area contributed by atoms with Crippen LogP contribution in [0.15, 0.2) is 35.4 Å². The summed E-state index contributed by atoms with van der Waals surface area (Å²) in [4.78, 5) is 21.4. The van der Waals surface area contributed by atoms with Crippen LogP contribution in [0, 0.1) is 34.6 Å². The highest BCUT2D eigenvalue weighted by molar-refractivity contribution is 7.90. The van der Waals surface area contributed by atoms with Gasteiger partial charge >= 0.3 is 0 Å². The number of benzene rings is 1. The van der Waals surface area contributed by atoms with Crippen molar-refractivity contribution in [3.63, 3.8) is 0 Å². The third kappa shape index (κ3) is 4.70. The third-order valence-corrected chi connectivity index (χ3v) is 7.60. The first kappa shape index (κ1) is 25.3. The van der Waals surface area contributed by atoms with E-state index in [2.05, 4.69) is 40.7 Å². The van der Waals surface area contributed by atoms with E-state index in [1.165, 1.54) is 6.26 Å². The van der Waals surface area contributed by atoms with Crippen LogP contribution in [0.2, 0.25) is 0 Å². The molecule has 38 heavy (non-hydrogen) atoms. The fourth-order valence-electron chi connectivity index (χ4n) is 4.42. The molecule has 12 heteroatoms. The van der Waals surface area contributed by atoms with Crippen LogP contribution in [0.5, 0.6) is 0 Å². The van der Waals surface area contributed by atoms with Crippen LogP contribution in [0.25, 0.3) is 22.3 Å². The highest BCUT2D eigenvalue weighted by Crippen LogP contribution is 2.35. The zero-order valence-corrected chi connectivity index (χ0v) is 23.1. The van der Waals surface area contributed by atoms with Crippen LogP contribution in [-0.4, -0.2) is 49.4 Å². The van der Waals surface area contributed by atoms with E-state index in [1.54, 1.807) is 29.1 Å². The van der Waals surface area contributed by atoms with Crippen molar-refractivity contribution in [1.29, 1.82) is 0 Å². The van der Waals surface area contributed by atoms with Crippen LogP contribution in [-0.2, 0) is 16.9 Å². The molecular weight excluding hydrogens is 502 g/mol.